The largest absolute Gasteiger partial charge is 0.454 e. The third-order valence-electron chi connectivity index (χ3n) is 11.0. The fourth-order valence-corrected chi connectivity index (χ4v) is 8.24. The minimum Gasteiger partial charge on any atom is -0.454 e. The van der Waals surface area contributed by atoms with Gasteiger partial charge in [0, 0.05) is 22.1 Å². The van der Waals surface area contributed by atoms with Gasteiger partial charge in [-0.1, -0.05) is 152 Å². The van der Waals surface area contributed by atoms with Gasteiger partial charge in [0.25, 0.3) is 0 Å². The molecule has 0 bridgehead atoms. The predicted octanol–water partition coefficient (Wildman–Crippen LogP) is 15.3. The Bertz CT molecular complexity index is 3060. The van der Waals surface area contributed by atoms with E-state index < -0.39 is 0 Å². The molecule has 1 aromatic heterocycles. The summed E-state index contributed by atoms with van der Waals surface area (Å²) in [6.07, 6.45) is 1.94. The topological polar surface area (TPSA) is 16.4 Å². The molecular formula is C53H37NO. The predicted molar refractivity (Wildman–Crippen MR) is 235 cm³/mol. The van der Waals surface area contributed by atoms with Crippen LogP contribution in [0.15, 0.2) is 199 Å². The van der Waals surface area contributed by atoms with Crippen molar-refractivity contribution in [2.75, 3.05) is 4.90 Å². The zero-order chi connectivity index (χ0) is 36.9. The molecule has 10 rings (SSSR count). The molecule has 10 aromatic rings. The van der Waals surface area contributed by atoms with E-state index in [0.29, 0.717) is 0 Å². The van der Waals surface area contributed by atoms with Gasteiger partial charge in [-0.15, -0.1) is 0 Å². The van der Waals surface area contributed by atoms with Gasteiger partial charge in [-0.25, -0.2) is 0 Å². The maximum Gasteiger partial charge on any atom is 0.159 e. The SMILES string of the molecule is C=Cc1ccccc1-c1cc(N(c2ccc(-c3cc4ccccc4c4ccccc34)cc2)c2cccc3c2oc2cc(-c4ccccc4)ccc23)ccc1C. The second kappa shape index (κ2) is 13.4. The van der Waals surface area contributed by atoms with Crippen LogP contribution in [0.25, 0.3) is 82.9 Å². The first-order valence-electron chi connectivity index (χ1n) is 18.8. The average molecular weight is 704 g/mol. The lowest BCUT2D eigenvalue weighted by Gasteiger charge is -2.27. The number of furan rings is 1. The number of aryl methyl sites for hydroxylation is 1. The normalized spacial score (nSPS) is 11.4. The van der Waals surface area contributed by atoms with Crippen molar-refractivity contribution in [2.24, 2.45) is 0 Å². The minimum atomic E-state index is 0.848. The molecule has 0 saturated carbocycles. The highest BCUT2D eigenvalue weighted by molar-refractivity contribution is 6.14. The Morgan fingerprint density at radius 3 is 1.98 bits per heavy atom. The second-order valence-corrected chi connectivity index (χ2v) is 14.2. The number of rotatable bonds is 7. The average Bonchev–Trinajstić information content (AvgIpc) is 3.63. The molecule has 0 saturated heterocycles. The first kappa shape index (κ1) is 32.5. The van der Waals surface area contributed by atoms with Crippen LogP contribution in [0, 0.1) is 6.92 Å². The van der Waals surface area contributed by atoms with Crippen molar-refractivity contribution in [3.8, 4) is 33.4 Å². The summed E-state index contributed by atoms with van der Waals surface area (Å²) in [6.45, 7) is 6.30. The van der Waals surface area contributed by atoms with E-state index in [2.05, 4.69) is 200 Å². The van der Waals surface area contributed by atoms with E-state index >= 15 is 0 Å². The second-order valence-electron chi connectivity index (χ2n) is 14.2. The molecule has 0 aliphatic heterocycles. The molecule has 55 heavy (non-hydrogen) atoms. The molecule has 0 spiro atoms. The lowest BCUT2D eigenvalue weighted by atomic mass is 9.93. The summed E-state index contributed by atoms with van der Waals surface area (Å²) in [7, 11) is 0. The minimum absolute atomic E-state index is 0.848. The van der Waals surface area contributed by atoms with Gasteiger partial charge in [-0.2, -0.15) is 0 Å². The van der Waals surface area contributed by atoms with Crippen molar-refractivity contribution in [3.05, 3.63) is 206 Å². The van der Waals surface area contributed by atoms with Crippen LogP contribution in [-0.4, -0.2) is 0 Å². The number of hydrogen-bond donors (Lipinski definition) is 0. The van der Waals surface area contributed by atoms with Crippen LogP contribution >= 0.6 is 0 Å². The van der Waals surface area contributed by atoms with Gasteiger partial charge in [0.05, 0.1) is 5.69 Å². The van der Waals surface area contributed by atoms with Gasteiger partial charge in [0.2, 0.25) is 0 Å². The van der Waals surface area contributed by atoms with E-state index in [1.807, 2.05) is 12.1 Å². The summed E-state index contributed by atoms with van der Waals surface area (Å²) in [4.78, 5) is 2.34. The third-order valence-corrected chi connectivity index (χ3v) is 11.0. The molecule has 0 aliphatic rings. The molecule has 9 aromatic carbocycles. The van der Waals surface area contributed by atoms with Gasteiger partial charge < -0.3 is 9.32 Å². The molecule has 0 radical (unpaired) electrons. The molecule has 0 fully saturated rings. The Morgan fingerprint density at radius 1 is 0.455 bits per heavy atom. The van der Waals surface area contributed by atoms with E-state index in [0.717, 1.165) is 61.3 Å². The third kappa shape index (κ3) is 5.59. The molecule has 0 amide bonds. The fraction of sp³-hybridized carbons (Fsp3) is 0.0189. The Kier molecular flexibility index (Phi) is 7.89. The van der Waals surface area contributed by atoms with Gasteiger partial charge >= 0.3 is 0 Å². The summed E-state index contributed by atoms with van der Waals surface area (Å²) in [5, 5.41) is 7.20. The van der Waals surface area contributed by atoms with E-state index in [9.17, 15) is 0 Å². The molecule has 2 heteroatoms. The van der Waals surface area contributed by atoms with Crippen molar-refractivity contribution < 1.29 is 4.42 Å². The van der Waals surface area contributed by atoms with Crippen LogP contribution in [0.4, 0.5) is 17.1 Å². The summed E-state index contributed by atoms with van der Waals surface area (Å²) in [5.41, 5.74) is 14.1. The summed E-state index contributed by atoms with van der Waals surface area (Å²) in [6, 6.07) is 67.4. The van der Waals surface area contributed by atoms with Gasteiger partial charge in [-0.05, 0) is 122 Å². The lowest BCUT2D eigenvalue weighted by Crippen LogP contribution is -2.10. The summed E-state index contributed by atoms with van der Waals surface area (Å²) < 4.78 is 6.87. The highest BCUT2D eigenvalue weighted by atomic mass is 16.3. The smallest absolute Gasteiger partial charge is 0.159 e. The number of nitrogens with zero attached hydrogens (tertiary/aromatic N) is 1. The molecule has 0 atom stereocenters. The van der Waals surface area contributed by atoms with E-state index in [4.69, 9.17) is 4.42 Å². The maximum atomic E-state index is 6.87. The van der Waals surface area contributed by atoms with E-state index in [1.54, 1.807) is 0 Å². The Labute approximate surface area is 320 Å². The Hall–Kier alpha value is -7.16. The monoisotopic (exact) mass is 703 g/mol. The molecule has 260 valence electrons. The van der Waals surface area contributed by atoms with Crippen LogP contribution in [-0.2, 0) is 0 Å². The van der Waals surface area contributed by atoms with Crippen LogP contribution < -0.4 is 4.90 Å². The Morgan fingerprint density at radius 2 is 1.15 bits per heavy atom. The van der Waals surface area contributed by atoms with Gasteiger partial charge in [-0.3, -0.25) is 0 Å². The molecule has 0 aliphatic carbocycles. The van der Waals surface area contributed by atoms with Crippen molar-refractivity contribution in [1.29, 1.82) is 0 Å². The van der Waals surface area contributed by atoms with Crippen molar-refractivity contribution in [2.45, 2.75) is 6.92 Å². The zero-order valence-corrected chi connectivity index (χ0v) is 30.5. The van der Waals surface area contributed by atoms with Crippen molar-refractivity contribution >= 4 is 66.6 Å². The van der Waals surface area contributed by atoms with Crippen LogP contribution in [0.1, 0.15) is 11.1 Å². The first-order chi connectivity index (χ1) is 27.1. The number of fused-ring (bicyclic) bond motifs is 6. The number of anilines is 3. The first-order valence-corrected chi connectivity index (χ1v) is 18.8. The number of para-hydroxylation sites is 1. The maximum absolute atomic E-state index is 6.87. The van der Waals surface area contributed by atoms with Crippen LogP contribution in [0.5, 0.6) is 0 Å². The van der Waals surface area contributed by atoms with E-state index in [1.165, 1.54) is 43.8 Å². The molecule has 0 N–H and O–H groups in total. The van der Waals surface area contributed by atoms with Gasteiger partial charge in [0.15, 0.2) is 5.58 Å². The summed E-state index contributed by atoms with van der Waals surface area (Å²) in [5.74, 6) is 0. The van der Waals surface area contributed by atoms with E-state index in [-0.39, 0.29) is 0 Å². The molecular weight excluding hydrogens is 667 g/mol. The molecule has 2 nitrogen and oxygen atoms in total. The summed E-state index contributed by atoms with van der Waals surface area (Å²) >= 11 is 0. The molecule has 0 unspecified atom stereocenters. The number of benzene rings is 9. The van der Waals surface area contributed by atoms with Crippen LogP contribution in [0.3, 0.4) is 0 Å². The quantitative estimate of drug-likeness (QED) is 0.154. The standard InChI is InChI=1S/C53H37NO/c1-3-36-14-7-9-18-43(36)49-34-42(28-24-35(49)2)54(51-23-13-22-48-47-31-27-39(33-52(47)55-53(48)51)37-15-5-4-6-16-37)41-29-25-38(26-30-41)50-32-40-17-8-10-19-44(40)45-20-11-12-21-46(45)50/h3-34H,1H2,2H3. The highest BCUT2D eigenvalue weighted by Gasteiger charge is 2.21. The Balaban J connectivity index is 1.17. The molecule has 1 heterocycles. The van der Waals surface area contributed by atoms with Crippen molar-refractivity contribution in [1.82, 2.24) is 0 Å². The van der Waals surface area contributed by atoms with Gasteiger partial charge in [0.1, 0.15) is 5.58 Å². The fourth-order valence-electron chi connectivity index (χ4n) is 8.24. The van der Waals surface area contributed by atoms with Crippen molar-refractivity contribution in [3.63, 3.8) is 0 Å². The van der Waals surface area contributed by atoms with Crippen LogP contribution in [0.2, 0.25) is 0 Å². The zero-order valence-electron chi connectivity index (χ0n) is 30.5. The number of hydrogen-bond acceptors (Lipinski definition) is 2. The lowest BCUT2D eigenvalue weighted by molar-refractivity contribution is 0.669. The highest BCUT2D eigenvalue weighted by Crippen LogP contribution is 2.45.